The molecule has 0 aromatic rings. The van der Waals surface area contributed by atoms with Crippen molar-refractivity contribution in [2.45, 2.75) is 111 Å². The van der Waals surface area contributed by atoms with Gasteiger partial charge in [-0.1, -0.05) is 53.2 Å². The van der Waals surface area contributed by atoms with Crippen LogP contribution in [0, 0.1) is 50.2 Å². The number of carboxylic acid groups (broad SMARTS) is 1. The van der Waals surface area contributed by atoms with Crippen LogP contribution in [0.3, 0.4) is 0 Å². The summed E-state index contributed by atoms with van der Waals surface area (Å²) in [7, 11) is 0. The molecular formula is C30H48O6. The molecule has 0 aromatic heterocycles. The zero-order valence-electron chi connectivity index (χ0n) is 23.0. The van der Waals surface area contributed by atoms with Gasteiger partial charge in [0, 0.05) is 5.41 Å². The highest BCUT2D eigenvalue weighted by Gasteiger charge is 2.72. The molecule has 0 saturated heterocycles. The minimum atomic E-state index is -1.12. The zero-order chi connectivity index (χ0) is 26.7. The highest BCUT2D eigenvalue weighted by molar-refractivity contribution is 5.77. The first-order chi connectivity index (χ1) is 16.5. The summed E-state index contributed by atoms with van der Waals surface area (Å²) in [6.45, 7) is 13.1. The Morgan fingerprint density at radius 1 is 0.944 bits per heavy atom. The van der Waals surface area contributed by atoms with E-state index in [1.165, 1.54) is 5.57 Å². The van der Waals surface area contributed by atoms with Gasteiger partial charge in [-0.3, -0.25) is 4.79 Å². The summed E-state index contributed by atoms with van der Waals surface area (Å²) in [6.07, 6.45) is 5.13. The molecule has 0 spiro atoms. The number of aliphatic carboxylic acids is 1. The molecule has 5 aliphatic carbocycles. The van der Waals surface area contributed by atoms with Gasteiger partial charge in [-0.2, -0.15) is 0 Å². The van der Waals surface area contributed by atoms with E-state index in [2.05, 4.69) is 40.7 Å². The molecule has 5 aliphatic rings. The molecule has 6 heteroatoms. The first-order valence-corrected chi connectivity index (χ1v) is 14.1. The lowest BCUT2D eigenvalue weighted by atomic mass is 9.33. The second kappa shape index (κ2) is 7.80. The van der Waals surface area contributed by atoms with Crippen molar-refractivity contribution < 1.29 is 30.3 Å². The van der Waals surface area contributed by atoms with Crippen LogP contribution in [-0.4, -0.2) is 56.4 Å². The van der Waals surface area contributed by atoms with E-state index in [0.717, 1.165) is 32.1 Å². The van der Waals surface area contributed by atoms with Gasteiger partial charge < -0.3 is 25.5 Å². The summed E-state index contributed by atoms with van der Waals surface area (Å²) in [5.74, 6) is -0.765. The maximum atomic E-state index is 12.8. The van der Waals surface area contributed by atoms with E-state index in [9.17, 15) is 30.3 Å². The van der Waals surface area contributed by atoms with Gasteiger partial charge in [0.1, 0.15) is 5.41 Å². The Labute approximate surface area is 216 Å². The van der Waals surface area contributed by atoms with E-state index in [1.807, 2.05) is 6.92 Å². The molecule has 0 amide bonds. The lowest BCUT2D eigenvalue weighted by Gasteiger charge is -2.72. The van der Waals surface area contributed by atoms with E-state index in [4.69, 9.17) is 0 Å². The Balaban J connectivity index is 1.64. The third-order valence-corrected chi connectivity index (χ3v) is 13.2. The van der Waals surface area contributed by atoms with Crippen molar-refractivity contribution in [2.75, 3.05) is 6.61 Å². The number of hydrogen-bond donors (Lipinski definition) is 5. The molecular weight excluding hydrogens is 456 g/mol. The predicted octanol–water partition coefficient (Wildman–Crippen LogP) is 4.15. The minimum Gasteiger partial charge on any atom is -0.481 e. The molecule has 0 heterocycles. The highest BCUT2D eigenvalue weighted by atomic mass is 16.4. The lowest BCUT2D eigenvalue weighted by Crippen LogP contribution is -2.69. The number of rotatable bonds is 2. The quantitative estimate of drug-likeness (QED) is 0.361. The Hall–Kier alpha value is -0.950. The predicted molar refractivity (Wildman–Crippen MR) is 137 cm³/mol. The molecule has 4 saturated carbocycles. The SMILES string of the molecule is CC1(C)CC[C@]2(C(=O)O)[C@H](O)C[C@]3(C)C(=CC[C@@H]4[C@@]5(C)C[C@H](O)[C@H](O)C(C)(CO)C5CC[C@]43C)[C@H]2C1. The van der Waals surface area contributed by atoms with Crippen LogP contribution in [0.15, 0.2) is 11.6 Å². The molecule has 2 unspecified atom stereocenters. The fourth-order valence-corrected chi connectivity index (χ4v) is 10.9. The topological polar surface area (TPSA) is 118 Å². The number of aliphatic hydroxyl groups is 4. The van der Waals surface area contributed by atoms with Gasteiger partial charge in [0.15, 0.2) is 0 Å². The fraction of sp³-hybridized carbons (Fsp3) is 0.900. The van der Waals surface area contributed by atoms with Crippen molar-refractivity contribution in [1.82, 2.24) is 0 Å². The van der Waals surface area contributed by atoms with Crippen LogP contribution < -0.4 is 0 Å². The van der Waals surface area contributed by atoms with Crippen molar-refractivity contribution in [3.8, 4) is 0 Å². The molecule has 5 rings (SSSR count). The van der Waals surface area contributed by atoms with Gasteiger partial charge in [-0.15, -0.1) is 0 Å². The molecule has 0 aromatic carbocycles. The molecule has 0 bridgehead atoms. The van der Waals surface area contributed by atoms with Crippen LogP contribution in [-0.2, 0) is 4.79 Å². The molecule has 0 radical (unpaired) electrons. The maximum absolute atomic E-state index is 12.8. The van der Waals surface area contributed by atoms with Crippen molar-refractivity contribution in [1.29, 1.82) is 0 Å². The number of fused-ring (bicyclic) bond motifs is 7. The van der Waals surface area contributed by atoms with E-state index in [-0.39, 0.29) is 46.0 Å². The van der Waals surface area contributed by atoms with Crippen LogP contribution in [0.5, 0.6) is 0 Å². The first kappa shape index (κ1) is 26.6. The number of allylic oxidation sites excluding steroid dienone is 2. The van der Waals surface area contributed by atoms with Gasteiger partial charge in [0.05, 0.1) is 24.9 Å². The molecule has 5 N–H and O–H groups in total. The summed E-state index contributed by atoms with van der Waals surface area (Å²) >= 11 is 0. The molecule has 204 valence electrons. The summed E-state index contributed by atoms with van der Waals surface area (Å²) < 4.78 is 0. The Morgan fingerprint density at radius 3 is 2.22 bits per heavy atom. The third-order valence-electron chi connectivity index (χ3n) is 13.2. The number of aliphatic hydroxyl groups excluding tert-OH is 4. The van der Waals surface area contributed by atoms with Crippen molar-refractivity contribution >= 4 is 5.97 Å². The van der Waals surface area contributed by atoms with Crippen molar-refractivity contribution in [2.24, 2.45) is 50.2 Å². The Bertz CT molecular complexity index is 974. The molecule has 6 nitrogen and oxygen atoms in total. The molecule has 4 fully saturated rings. The third kappa shape index (κ3) is 3.02. The van der Waals surface area contributed by atoms with E-state index < -0.39 is 35.1 Å². The maximum Gasteiger partial charge on any atom is 0.312 e. The van der Waals surface area contributed by atoms with Crippen molar-refractivity contribution in [3.63, 3.8) is 0 Å². The number of carbonyl (C=O) groups is 1. The lowest BCUT2D eigenvalue weighted by molar-refractivity contribution is -0.248. The Kier molecular flexibility index (Phi) is 5.77. The van der Waals surface area contributed by atoms with Gasteiger partial charge in [0.2, 0.25) is 0 Å². The average Bonchev–Trinajstić information content (AvgIpc) is 2.77. The summed E-state index contributed by atoms with van der Waals surface area (Å²) in [5.41, 5.74) is -1.44. The standard InChI is InChI=1S/C30H48O6/c1-25(2)11-12-30(24(35)36)18(13-25)17-7-8-21-26(3)14-19(32)23(34)27(4,16-31)20(26)9-10-28(21,5)29(17,6)15-22(30)33/h7,18-23,31-34H,8-16H2,1-6H3,(H,35,36)/t18-,19+,20?,21-,22-,23+,26+,27?,28-,29-,30-/m1/s1. The fourth-order valence-electron chi connectivity index (χ4n) is 10.9. The monoisotopic (exact) mass is 504 g/mol. The van der Waals surface area contributed by atoms with Crippen LogP contribution in [0.1, 0.15) is 92.9 Å². The molecule has 0 aliphatic heterocycles. The second-order valence-corrected chi connectivity index (χ2v) is 15.2. The Morgan fingerprint density at radius 2 is 1.61 bits per heavy atom. The van der Waals surface area contributed by atoms with Crippen LogP contribution in [0.25, 0.3) is 0 Å². The highest BCUT2D eigenvalue weighted by Crippen LogP contribution is 2.75. The van der Waals surface area contributed by atoms with Crippen LogP contribution >= 0.6 is 0 Å². The summed E-state index contributed by atoms with van der Waals surface area (Å²) in [6, 6.07) is 0. The number of carboxylic acids is 1. The average molecular weight is 505 g/mol. The largest absolute Gasteiger partial charge is 0.481 e. The first-order valence-electron chi connectivity index (χ1n) is 14.1. The van der Waals surface area contributed by atoms with Crippen molar-refractivity contribution in [3.05, 3.63) is 11.6 Å². The van der Waals surface area contributed by atoms with E-state index in [1.54, 1.807) is 0 Å². The molecule has 11 atom stereocenters. The zero-order valence-corrected chi connectivity index (χ0v) is 23.0. The van der Waals surface area contributed by atoms with Crippen LogP contribution in [0.4, 0.5) is 0 Å². The van der Waals surface area contributed by atoms with Gasteiger partial charge in [-0.25, -0.2) is 0 Å². The van der Waals surface area contributed by atoms with Gasteiger partial charge >= 0.3 is 5.97 Å². The van der Waals surface area contributed by atoms with Gasteiger partial charge in [0.25, 0.3) is 0 Å². The summed E-state index contributed by atoms with van der Waals surface area (Å²) in [5, 5.41) is 54.5. The minimum absolute atomic E-state index is 0.0242. The van der Waals surface area contributed by atoms with E-state index in [0.29, 0.717) is 19.3 Å². The summed E-state index contributed by atoms with van der Waals surface area (Å²) in [4.78, 5) is 12.8. The smallest absolute Gasteiger partial charge is 0.312 e. The van der Waals surface area contributed by atoms with E-state index >= 15 is 0 Å². The van der Waals surface area contributed by atoms with Crippen LogP contribution in [0.2, 0.25) is 0 Å². The number of hydrogen-bond acceptors (Lipinski definition) is 5. The van der Waals surface area contributed by atoms with Gasteiger partial charge in [-0.05, 0) is 90.8 Å². The normalized spacial score (nSPS) is 55.9. The molecule has 36 heavy (non-hydrogen) atoms. The second-order valence-electron chi connectivity index (χ2n) is 15.2.